The van der Waals surface area contributed by atoms with Gasteiger partial charge in [0.15, 0.2) is 11.5 Å². The zero-order chi connectivity index (χ0) is 25.0. The Morgan fingerprint density at radius 2 is 1.77 bits per heavy atom. The lowest BCUT2D eigenvalue weighted by molar-refractivity contribution is 0.211. The molecular formula is C27H30ClN3O4. The second kappa shape index (κ2) is 13.2. The van der Waals surface area contributed by atoms with Crippen molar-refractivity contribution in [3.63, 3.8) is 0 Å². The Kier molecular flexibility index (Phi) is 9.80. The summed E-state index contributed by atoms with van der Waals surface area (Å²) in [6, 6.07) is 20.1. The second-order valence-electron chi connectivity index (χ2n) is 7.80. The van der Waals surface area contributed by atoms with Crippen LogP contribution in [0.1, 0.15) is 37.3 Å². The van der Waals surface area contributed by atoms with Crippen LogP contribution in [0.5, 0.6) is 17.2 Å². The van der Waals surface area contributed by atoms with Crippen LogP contribution in [0.2, 0.25) is 5.02 Å². The zero-order valence-corrected chi connectivity index (χ0v) is 20.8. The number of amides is 2. The van der Waals surface area contributed by atoms with Gasteiger partial charge < -0.3 is 19.5 Å². The number of nitrogens with one attached hydrogen (secondary N) is 2. The first-order chi connectivity index (χ1) is 17.0. The van der Waals surface area contributed by atoms with E-state index in [9.17, 15) is 4.79 Å². The van der Waals surface area contributed by atoms with Crippen LogP contribution in [0.25, 0.3) is 0 Å². The summed E-state index contributed by atoms with van der Waals surface area (Å²) in [5.41, 5.74) is 5.01. The van der Waals surface area contributed by atoms with Crippen LogP contribution in [-0.2, 0) is 0 Å². The number of nitrogens with zero attached hydrogens (tertiary/aromatic N) is 1. The number of rotatable bonds is 11. The van der Waals surface area contributed by atoms with Crippen LogP contribution in [-0.4, -0.2) is 32.6 Å². The molecule has 3 aromatic rings. The number of halogens is 1. The number of hydrogen-bond acceptors (Lipinski definition) is 5. The van der Waals surface area contributed by atoms with E-state index in [0.29, 0.717) is 40.3 Å². The van der Waals surface area contributed by atoms with Crippen LogP contribution in [0.4, 0.5) is 10.5 Å². The maximum atomic E-state index is 11.9. The van der Waals surface area contributed by atoms with Crippen LogP contribution < -0.4 is 25.0 Å². The molecule has 0 aliphatic carbocycles. The van der Waals surface area contributed by atoms with E-state index >= 15 is 0 Å². The highest BCUT2D eigenvalue weighted by molar-refractivity contribution is 6.32. The van der Waals surface area contributed by atoms with Gasteiger partial charge in [0.2, 0.25) is 0 Å². The normalized spacial score (nSPS) is 11.7. The SMILES string of the molecule is CC[C@H](C)c1ccc(OCCOc2c(Cl)cc(C=NNC(=O)Nc3ccccc3)cc2OC)cc1. The number of urea groups is 1. The Morgan fingerprint density at radius 1 is 1.06 bits per heavy atom. The van der Waals surface area contributed by atoms with E-state index < -0.39 is 6.03 Å². The van der Waals surface area contributed by atoms with E-state index in [2.05, 4.69) is 41.8 Å². The molecule has 2 amide bonds. The van der Waals surface area contributed by atoms with Crippen molar-refractivity contribution >= 4 is 29.5 Å². The first kappa shape index (κ1) is 25.9. The molecule has 2 N–H and O–H groups in total. The fourth-order valence-corrected chi connectivity index (χ4v) is 3.51. The number of hydrogen-bond donors (Lipinski definition) is 2. The molecule has 7 nitrogen and oxygen atoms in total. The topological polar surface area (TPSA) is 81.2 Å². The second-order valence-corrected chi connectivity index (χ2v) is 8.21. The van der Waals surface area contributed by atoms with E-state index in [4.69, 9.17) is 25.8 Å². The molecule has 0 heterocycles. The first-order valence-electron chi connectivity index (χ1n) is 11.4. The third-order valence-corrected chi connectivity index (χ3v) is 5.60. The number of para-hydroxylation sites is 1. The van der Waals surface area contributed by atoms with Crippen molar-refractivity contribution in [3.05, 3.63) is 82.9 Å². The number of methoxy groups -OCH3 is 1. The summed E-state index contributed by atoms with van der Waals surface area (Å²) < 4.78 is 17.0. The minimum Gasteiger partial charge on any atom is -0.493 e. The Bertz CT molecular complexity index is 1120. The molecule has 0 bridgehead atoms. The molecule has 0 aliphatic heterocycles. The zero-order valence-electron chi connectivity index (χ0n) is 20.1. The third kappa shape index (κ3) is 7.93. The van der Waals surface area contributed by atoms with E-state index in [1.807, 2.05) is 30.3 Å². The van der Waals surface area contributed by atoms with Gasteiger partial charge in [-0.3, -0.25) is 0 Å². The van der Waals surface area contributed by atoms with E-state index in [1.54, 1.807) is 24.3 Å². The van der Waals surface area contributed by atoms with Gasteiger partial charge in [-0.05, 0) is 59.9 Å². The highest BCUT2D eigenvalue weighted by atomic mass is 35.5. The van der Waals surface area contributed by atoms with Crippen molar-refractivity contribution in [1.82, 2.24) is 5.43 Å². The average molecular weight is 496 g/mol. The number of ether oxygens (including phenoxy) is 3. The molecule has 3 rings (SSSR count). The number of anilines is 1. The third-order valence-electron chi connectivity index (χ3n) is 5.32. The molecule has 0 aliphatic rings. The first-order valence-corrected chi connectivity index (χ1v) is 11.8. The number of benzene rings is 3. The quantitative estimate of drug-likeness (QED) is 0.181. The highest BCUT2D eigenvalue weighted by Gasteiger charge is 2.12. The molecule has 0 unspecified atom stereocenters. The number of carbonyl (C=O) groups is 1. The molecule has 0 saturated heterocycles. The van der Waals surface area contributed by atoms with Crippen LogP contribution in [0.3, 0.4) is 0 Å². The van der Waals surface area contributed by atoms with E-state index in [0.717, 1.165) is 12.2 Å². The largest absolute Gasteiger partial charge is 0.493 e. The van der Waals surface area contributed by atoms with Crippen molar-refractivity contribution in [1.29, 1.82) is 0 Å². The lowest BCUT2D eigenvalue weighted by Gasteiger charge is -2.14. The molecule has 35 heavy (non-hydrogen) atoms. The molecule has 0 aromatic heterocycles. The molecule has 0 saturated carbocycles. The lowest BCUT2D eigenvalue weighted by Crippen LogP contribution is -2.24. The predicted octanol–water partition coefficient (Wildman–Crippen LogP) is 6.48. The van der Waals surface area contributed by atoms with E-state index in [-0.39, 0.29) is 6.61 Å². The number of carbonyl (C=O) groups excluding carboxylic acids is 1. The molecule has 184 valence electrons. The summed E-state index contributed by atoms with van der Waals surface area (Å²) in [5, 5.41) is 6.99. The minimum atomic E-state index is -0.458. The minimum absolute atomic E-state index is 0.290. The maximum Gasteiger partial charge on any atom is 0.339 e. The van der Waals surface area contributed by atoms with Crippen molar-refractivity contribution in [2.45, 2.75) is 26.2 Å². The van der Waals surface area contributed by atoms with Crippen molar-refractivity contribution < 1.29 is 19.0 Å². The fraction of sp³-hybridized carbons (Fsp3) is 0.259. The molecule has 0 radical (unpaired) electrons. The van der Waals surface area contributed by atoms with Gasteiger partial charge >= 0.3 is 6.03 Å². The van der Waals surface area contributed by atoms with Gasteiger partial charge in [-0.25, -0.2) is 10.2 Å². The molecule has 0 fully saturated rings. The lowest BCUT2D eigenvalue weighted by atomic mass is 9.99. The molecule has 8 heteroatoms. The van der Waals surface area contributed by atoms with Crippen molar-refractivity contribution in [2.24, 2.45) is 5.10 Å². The average Bonchev–Trinajstić information content (AvgIpc) is 2.87. The summed E-state index contributed by atoms with van der Waals surface area (Å²) in [4.78, 5) is 11.9. The Balaban J connectivity index is 1.51. The van der Waals surface area contributed by atoms with Gasteiger partial charge in [0, 0.05) is 5.69 Å². The maximum absolute atomic E-state index is 11.9. The smallest absolute Gasteiger partial charge is 0.339 e. The Labute approximate surface area is 211 Å². The Morgan fingerprint density at radius 3 is 2.46 bits per heavy atom. The highest BCUT2D eigenvalue weighted by Crippen LogP contribution is 2.36. The molecular weight excluding hydrogens is 466 g/mol. The van der Waals surface area contributed by atoms with Gasteiger partial charge in [-0.1, -0.05) is 55.8 Å². The van der Waals surface area contributed by atoms with Gasteiger partial charge in [0.05, 0.1) is 18.3 Å². The molecule has 3 aromatic carbocycles. The van der Waals surface area contributed by atoms with Gasteiger partial charge in [0.25, 0.3) is 0 Å². The van der Waals surface area contributed by atoms with Crippen molar-refractivity contribution in [3.8, 4) is 17.2 Å². The van der Waals surface area contributed by atoms with Gasteiger partial charge in [-0.15, -0.1) is 0 Å². The van der Waals surface area contributed by atoms with Crippen LogP contribution in [0.15, 0.2) is 71.8 Å². The van der Waals surface area contributed by atoms with Crippen LogP contribution >= 0.6 is 11.6 Å². The number of hydrazone groups is 1. The summed E-state index contributed by atoms with van der Waals surface area (Å²) >= 11 is 6.41. The Hall–Kier alpha value is -3.71. The molecule has 0 spiro atoms. The van der Waals surface area contributed by atoms with E-state index in [1.165, 1.54) is 18.9 Å². The molecule has 1 atom stereocenters. The van der Waals surface area contributed by atoms with Gasteiger partial charge in [-0.2, -0.15) is 5.10 Å². The fourth-order valence-electron chi connectivity index (χ4n) is 3.23. The summed E-state index contributed by atoms with van der Waals surface area (Å²) in [6.45, 7) is 5.02. The monoisotopic (exact) mass is 495 g/mol. The standard InChI is InChI=1S/C27H30ClN3O4/c1-4-19(2)21-10-12-23(13-11-21)34-14-15-35-26-24(28)16-20(17-25(26)33-3)18-29-31-27(32)30-22-8-6-5-7-9-22/h5-13,16-19H,4,14-15H2,1-3H3,(H2,30,31,32)/t19-/m0/s1. The predicted molar refractivity (Wildman–Crippen MR) is 140 cm³/mol. The van der Waals surface area contributed by atoms with Crippen LogP contribution in [0, 0.1) is 0 Å². The summed E-state index contributed by atoms with van der Waals surface area (Å²) in [7, 11) is 1.53. The van der Waals surface area contributed by atoms with Gasteiger partial charge in [0.1, 0.15) is 19.0 Å². The summed E-state index contributed by atoms with van der Waals surface area (Å²) in [5.74, 6) is 2.17. The van der Waals surface area contributed by atoms with Crippen molar-refractivity contribution in [2.75, 3.05) is 25.6 Å². The summed E-state index contributed by atoms with van der Waals surface area (Å²) in [6.07, 6.45) is 2.57.